The van der Waals surface area contributed by atoms with Gasteiger partial charge in [0.25, 0.3) is 11.8 Å². The summed E-state index contributed by atoms with van der Waals surface area (Å²) in [6.07, 6.45) is 1.05. The van der Waals surface area contributed by atoms with Gasteiger partial charge in [-0.25, -0.2) is 0 Å². The predicted molar refractivity (Wildman–Crippen MR) is 103 cm³/mol. The third-order valence-corrected chi connectivity index (χ3v) is 5.86. The van der Waals surface area contributed by atoms with Gasteiger partial charge in [-0.15, -0.1) is 11.3 Å². The number of hydrogen-bond acceptors (Lipinski definition) is 6. The minimum Gasteiger partial charge on any atom is -0.479 e. The highest BCUT2D eigenvalue weighted by molar-refractivity contribution is 7.10. The molecule has 0 saturated heterocycles. The SMILES string of the molecule is COc1cc(C(=O)NC[C@@H](c2ccccc2)N2CCc3sccc3C2)on1. The quantitative estimate of drug-likeness (QED) is 0.708. The van der Waals surface area contributed by atoms with Crippen molar-refractivity contribution in [2.24, 2.45) is 0 Å². The van der Waals surface area contributed by atoms with Crippen LogP contribution in [0.25, 0.3) is 0 Å². The fraction of sp³-hybridized carbons (Fsp3) is 0.300. The van der Waals surface area contributed by atoms with Crippen molar-refractivity contribution < 1.29 is 14.1 Å². The lowest BCUT2D eigenvalue weighted by Crippen LogP contribution is -2.40. The number of amides is 1. The number of rotatable bonds is 6. The second-order valence-corrected chi connectivity index (χ2v) is 7.46. The number of ether oxygens (including phenoxy) is 1. The molecule has 0 saturated carbocycles. The van der Waals surface area contributed by atoms with E-state index in [9.17, 15) is 4.79 Å². The Morgan fingerprint density at radius 3 is 3.00 bits per heavy atom. The number of benzene rings is 1. The molecule has 1 amide bonds. The predicted octanol–water partition coefficient (Wildman–Crippen LogP) is 3.27. The number of hydrogen-bond donors (Lipinski definition) is 1. The Hall–Kier alpha value is -2.64. The lowest BCUT2D eigenvalue weighted by molar-refractivity contribution is 0.0891. The molecule has 1 aromatic carbocycles. The van der Waals surface area contributed by atoms with Crippen LogP contribution in [-0.4, -0.2) is 36.2 Å². The molecular weight excluding hydrogens is 362 g/mol. The van der Waals surface area contributed by atoms with E-state index in [1.807, 2.05) is 29.5 Å². The van der Waals surface area contributed by atoms with Crippen molar-refractivity contribution in [1.82, 2.24) is 15.4 Å². The number of aromatic nitrogens is 1. The largest absolute Gasteiger partial charge is 0.479 e. The molecule has 0 spiro atoms. The Bertz CT molecular complexity index is 906. The van der Waals surface area contributed by atoms with E-state index < -0.39 is 0 Å². The maximum Gasteiger partial charge on any atom is 0.290 e. The second kappa shape index (κ2) is 7.94. The van der Waals surface area contributed by atoms with Crippen LogP contribution in [0.2, 0.25) is 0 Å². The summed E-state index contributed by atoms with van der Waals surface area (Å²) < 4.78 is 10.0. The molecule has 27 heavy (non-hydrogen) atoms. The van der Waals surface area contributed by atoms with Crippen molar-refractivity contribution >= 4 is 17.2 Å². The smallest absolute Gasteiger partial charge is 0.290 e. The Morgan fingerprint density at radius 1 is 1.37 bits per heavy atom. The number of nitrogens with zero attached hydrogens (tertiary/aromatic N) is 2. The fourth-order valence-electron chi connectivity index (χ4n) is 3.41. The van der Waals surface area contributed by atoms with Crippen LogP contribution in [0.3, 0.4) is 0 Å². The van der Waals surface area contributed by atoms with Crippen molar-refractivity contribution in [2.75, 3.05) is 20.2 Å². The average molecular weight is 383 g/mol. The molecule has 4 rings (SSSR count). The minimum absolute atomic E-state index is 0.0908. The van der Waals surface area contributed by atoms with Crippen molar-refractivity contribution in [1.29, 1.82) is 0 Å². The molecular formula is C20H21N3O3S. The van der Waals surface area contributed by atoms with Crippen LogP contribution < -0.4 is 10.1 Å². The van der Waals surface area contributed by atoms with E-state index in [2.05, 4.69) is 39.0 Å². The summed E-state index contributed by atoms with van der Waals surface area (Å²) in [6.45, 7) is 2.36. The van der Waals surface area contributed by atoms with Gasteiger partial charge in [-0.2, -0.15) is 0 Å². The zero-order valence-corrected chi connectivity index (χ0v) is 15.9. The first-order valence-electron chi connectivity index (χ1n) is 8.87. The number of fused-ring (bicyclic) bond motifs is 1. The molecule has 3 aromatic rings. The molecule has 0 bridgehead atoms. The van der Waals surface area contributed by atoms with Gasteiger partial charge in [0.1, 0.15) is 0 Å². The van der Waals surface area contributed by atoms with Gasteiger partial charge in [-0.05, 0) is 34.2 Å². The van der Waals surface area contributed by atoms with Crippen molar-refractivity contribution in [3.63, 3.8) is 0 Å². The Labute approximate surface area is 161 Å². The van der Waals surface area contributed by atoms with Crippen molar-refractivity contribution in [3.05, 3.63) is 69.6 Å². The summed E-state index contributed by atoms with van der Waals surface area (Å²) in [6, 6.07) is 14.1. The van der Waals surface area contributed by atoms with Crippen LogP contribution in [0.5, 0.6) is 5.88 Å². The molecule has 1 aliphatic heterocycles. The van der Waals surface area contributed by atoms with Crippen LogP contribution in [0.1, 0.15) is 32.6 Å². The van der Waals surface area contributed by atoms with E-state index in [1.165, 1.54) is 29.2 Å². The van der Waals surface area contributed by atoms with Crippen molar-refractivity contribution in [2.45, 2.75) is 19.0 Å². The van der Waals surface area contributed by atoms with Crippen LogP contribution in [0.15, 0.2) is 52.4 Å². The van der Waals surface area contributed by atoms with Crippen LogP contribution in [-0.2, 0) is 13.0 Å². The summed E-state index contributed by atoms with van der Waals surface area (Å²) in [7, 11) is 1.49. The highest BCUT2D eigenvalue weighted by Crippen LogP contribution is 2.30. The summed E-state index contributed by atoms with van der Waals surface area (Å²) in [5, 5.41) is 8.82. The van der Waals surface area contributed by atoms with Crippen molar-refractivity contribution in [3.8, 4) is 5.88 Å². The summed E-state index contributed by atoms with van der Waals surface area (Å²) >= 11 is 1.83. The summed E-state index contributed by atoms with van der Waals surface area (Å²) in [5.41, 5.74) is 2.57. The number of carbonyl (C=O) groups excluding carboxylic acids is 1. The maximum absolute atomic E-state index is 12.4. The first-order valence-corrected chi connectivity index (χ1v) is 9.75. The monoisotopic (exact) mass is 383 g/mol. The van der Waals surface area contributed by atoms with Gasteiger partial charge >= 0.3 is 0 Å². The third-order valence-electron chi connectivity index (χ3n) is 4.84. The molecule has 1 atom stereocenters. The van der Waals surface area contributed by atoms with E-state index in [-0.39, 0.29) is 17.7 Å². The molecule has 1 N–H and O–H groups in total. The number of thiophene rings is 1. The zero-order chi connectivity index (χ0) is 18.6. The topological polar surface area (TPSA) is 67.6 Å². The van der Waals surface area contributed by atoms with E-state index >= 15 is 0 Å². The fourth-order valence-corrected chi connectivity index (χ4v) is 4.30. The molecule has 0 aliphatic carbocycles. The number of carbonyl (C=O) groups is 1. The third kappa shape index (κ3) is 3.89. The van der Waals surface area contributed by atoms with Gasteiger partial charge in [-0.1, -0.05) is 30.3 Å². The first kappa shape index (κ1) is 17.8. The van der Waals surface area contributed by atoms with Gasteiger partial charge < -0.3 is 14.6 Å². The summed E-state index contributed by atoms with van der Waals surface area (Å²) in [5.74, 6) is 0.151. The highest BCUT2D eigenvalue weighted by Gasteiger charge is 2.26. The van der Waals surface area contributed by atoms with E-state index in [0.29, 0.717) is 12.4 Å². The highest BCUT2D eigenvalue weighted by atomic mass is 32.1. The zero-order valence-electron chi connectivity index (χ0n) is 15.1. The minimum atomic E-state index is -0.292. The molecule has 7 heteroatoms. The number of methoxy groups -OCH3 is 1. The molecule has 140 valence electrons. The summed E-state index contributed by atoms with van der Waals surface area (Å²) in [4.78, 5) is 16.3. The van der Waals surface area contributed by atoms with Gasteiger partial charge in [0.15, 0.2) is 0 Å². The van der Waals surface area contributed by atoms with E-state index in [1.54, 1.807) is 0 Å². The van der Waals surface area contributed by atoms with Crippen LogP contribution in [0.4, 0.5) is 0 Å². The molecule has 6 nitrogen and oxygen atoms in total. The first-order chi connectivity index (χ1) is 13.2. The van der Waals surface area contributed by atoms with Crippen LogP contribution >= 0.6 is 11.3 Å². The molecule has 2 aromatic heterocycles. The lowest BCUT2D eigenvalue weighted by Gasteiger charge is -2.35. The molecule has 0 radical (unpaired) electrons. The van der Waals surface area contributed by atoms with Gasteiger partial charge in [0, 0.05) is 24.5 Å². The Morgan fingerprint density at radius 2 is 2.22 bits per heavy atom. The molecule has 0 unspecified atom stereocenters. The second-order valence-electron chi connectivity index (χ2n) is 6.46. The molecule has 1 aliphatic rings. The van der Waals surface area contributed by atoms with Crippen LogP contribution in [0, 0.1) is 0 Å². The number of nitrogens with one attached hydrogen (secondary N) is 1. The van der Waals surface area contributed by atoms with Gasteiger partial charge in [0.2, 0.25) is 5.76 Å². The Balaban J connectivity index is 1.50. The Kier molecular flexibility index (Phi) is 5.22. The normalized spacial score (nSPS) is 15.1. The maximum atomic E-state index is 12.4. The molecule has 0 fully saturated rings. The lowest BCUT2D eigenvalue weighted by atomic mass is 10.0. The molecule has 3 heterocycles. The standard InChI is InChI=1S/C20H21N3O3S/c1-25-19-11-17(26-22-19)20(24)21-12-16(14-5-3-2-4-6-14)23-9-7-18-15(13-23)8-10-27-18/h2-6,8,10-11,16H,7,9,12-13H2,1H3,(H,21,24)/t16-/m0/s1. The van der Waals surface area contributed by atoms with E-state index in [0.717, 1.165) is 19.5 Å². The van der Waals surface area contributed by atoms with E-state index in [4.69, 9.17) is 9.26 Å². The van der Waals surface area contributed by atoms with Gasteiger partial charge in [-0.3, -0.25) is 9.69 Å². The van der Waals surface area contributed by atoms with Gasteiger partial charge in [0.05, 0.1) is 19.2 Å². The average Bonchev–Trinajstić information content (AvgIpc) is 3.37.